The van der Waals surface area contributed by atoms with Gasteiger partial charge in [-0.3, -0.25) is 4.79 Å². The van der Waals surface area contributed by atoms with E-state index in [4.69, 9.17) is 10.2 Å². The van der Waals surface area contributed by atoms with Crippen LogP contribution in [0.25, 0.3) is 0 Å². The van der Waals surface area contributed by atoms with Crippen molar-refractivity contribution in [3.63, 3.8) is 0 Å². The normalized spacial score (nSPS) is 13.1. The highest BCUT2D eigenvalue weighted by Gasteiger charge is 2.28. The van der Waals surface area contributed by atoms with E-state index < -0.39 is 16.5 Å². The van der Waals surface area contributed by atoms with Crippen LogP contribution in [-0.4, -0.2) is 43.0 Å². The maximum absolute atomic E-state index is 13.0. The van der Waals surface area contributed by atoms with Crippen LogP contribution >= 0.6 is 0 Å². The van der Waals surface area contributed by atoms with Crippen molar-refractivity contribution < 1.29 is 4.79 Å². The average molecular weight is 481 g/mol. The third-order valence-corrected chi connectivity index (χ3v) is 8.93. The molecule has 0 amide bonds. The number of benzene rings is 2. The van der Waals surface area contributed by atoms with Crippen LogP contribution < -0.4 is 0 Å². The number of Topliss-reactive ketones (excluding diaryl/α,β-unsaturated/α-hetero) is 1. The summed E-state index contributed by atoms with van der Waals surface area (Å²) in [6, 6.07) is 20.7. The predicted octanol–water partition coefficient (Wildman–Crippen LogP) is 6.37. The molecule has 0 fully saturated rings. The summed E-state index contributed by atoms with van der Waals surface area (Å²) >= 11 is 0. The van der Waals surface area contributed by atoms with Gasteiger partial charge in [0.05, 0.1) is 18.8 Å². The number of hydrogen-bond acceptors (Lipinski definition) is 5. The Labute approximate surface area is 202 Å². The largest absolute Gasteiger partial charge is 0.320 e. The highest BCUT2D eigenvalue weighted by atomic mass is 28.3. The lowest BCUT2D eigenvalue weighted by Crippen LogP contribution is -2.45. The van der Waals surface area contributed by atoms with Gasteiger partial charge in [-0.25, -0.2) is 0 Å². The number of ketones is 1. The van der Waals surface area contributed by atoms with E-state index in [0.29, 0.717) is 24.4 Å². The van der Waals surface area contributed by atoms with Gasteiger partial charge in [0.25, 0.3) is 0 Å². The first-order valence-corrected chi connectivity index (χ1v) is 18.6. The third kappa shape index (κ3) is 8.40. The van der Waals surface area contributed by atoms with Crippen molar-refractivity contribution in [1.29, 1.82) is 0 Å². The fourth-order valence-electron chi connectivity index (χ4n) is 3.20. The van der Waals surface area contributed by atoms with E-state index in [1.165, 1.54) is 11.1 Å². The van der Waals surface area contributed by atoms with E-state index in [1.807, 2.05) is 38.1 Å². The van der Waals surface area contributed by atoms with E-state index in [-0.39, 0.29) is 5.78 Å². The van der Waals surface area contributed by atoms with Crippen molar-refractivity contribution in [3.8, 4) is 0 Å². The van der Waals surface area contributed by atoms with E-state index in [2.05, 4.69) is 85.0 Å². The zero-order valence-corrected chi connectivity index (χ0v) is 23.6. The lowest BCUT2D eigenvalue weighted by atomic mass is 10.1. The predicted molar refractivity (Wildman–Crippen MR) is 147 cm³/mol. The first-order valence-electron chi connectivity index (χ1n) is 11.7. The fourth-order valence-corrected chi connectivity index (χ4v) is 5.37. The number of carbonyl (C=O) groups is 1. The van der Waals surface area contributed by atoms with Crippen LogP contribution in [0.4, 0.5) is 0 Å². The van der Waals surface area contributed by atoms with Crippen molar-refractivity contribution in [1.82, 2.24) is 9.35 Å². The average Bonchev–Trinajstić information content (AvgIpc) is 2.75. The molecule has 0 radical (unpaired) electrons. The second-order valence-corrected chi connectivity index (χ2v) is 20.1. The Kier molecular flexibility index (Phi) is 9.37. The topological polar surface area (TPSA) is 48.3 Å². The lowest BCUT2D eigenvalue weighted by molar-refractivity contribution is -0.112. The molecule has 33 heavy (non-hydrogen) atoms. The van der Waals surface area contributed by atoms with Crippen molar-refractivity contribution in [2.75, 3.05) is 0 Å². The van der Waals surface area contributed by atoms with Gasteiger partial charge >= 0.3 is 0 Å². The maximum Gasteiger partial charge on any atom is 0.184 e. The number of carbonyl (C=O) groups excluding carboxylic acids is 1. The molecule has 0 aliphatic rings. The number of rotatable bonds is 11. The summed E-state index contributed by atoms with van der Waals surface area (Å²) in [6.45, 7) is 18.8. The monoisotopic (exact) mass is 480 g/mol. The molecule has 0 bridgehead atoms. The molecule has 0 spiro atoms. The van der Waals surface area contributed by atoms with Gasteiger partial charge in [0, 0.05) is 6.42 Å². The zero-order valence-electron chi connectivity index (χ0n) is 21.6. The molecule has 0 aliphatic heterocycles. The minimum Gasteiger partial charge on any atom is -0.320 e. The highest BCUT2D eigenvalue weighted by Crippen LogP contribution is 2.18. The molecule has 0 heterocycles. The van der Waals surface area contributed by atoms with Crippen LogP contribution in [0.1, 0.15) is 31.4 Å². The van der Waals surface area contributed by atoms with Gasteiger partial charge in [-0.2, -0.15) is 10.2 Å². The standard InChI is InChI=1S/C26H40N4OSi2/c1-9-25(31)26(28-30(33(6,7)8)21-24-18-14-11-15-19-24)22(2)27-29(32(3,4)5)20-23-16-12-10-13-17-23/h10-19H,9,20-21H2,1-8H3. The first kappa shape index (κ1) is 26.7. The van der Waals surface area contributed by atoms with Crippen LogP contribution in [0.5, 0.6) is 0 Å². The van der Waals surface area contributed by atoms with Crippen molar-refractivity contribution in [2.24, 2.45) is 10.2 Å². The van der Waals surface area contributed by atoms with E-state index in [1.54, 1.807) is 0 Å². The summed E-state index contributed by atoms with van der Waals surface area (Å²) in [5, 5.41) is 9.98. The summed E-state index contributed by atoms with van der Waals surface area (Å²) in [7, 11) is -3.63. The SMILES string of the molecule is CCC(=O)C(=NN(Cc1ccccc1)[Si](C)(C)C)C(C)=NN(Cc1ccccc1)[Si](C)(C)C. The molecule has 0 saturated heterocycles. The summed E-state index contributed by atoms with van der Waals surface area (Å²) in [5.41, 5.74) is 3.57. The highest BCUT2D eigenvalue weighted by molar-refractivity contribution is 6.74. The molecule has 5 nitrogen and oxygen atoms in total. The van der Waals surface area contributed by atoms with Crippen molar-refractivity contribution in [2.45, 2.75) is 72.6 Å². The molecule has 0 aliphatic carbocycles. The molecule has 2 aromatic carbocycles. The van der Waals surface area contributed by atoms with E-state index in [0.717, 1.165) is 6.54 Å². The summed E-state index contributed by atoms with van der Waals surface area (Å²) in [4.78, 5) is 13.0. The van der Waals surface area contributed by atoms with Gasteiger partial charge in [0.15, 0.2) is 22.3 Å². The van der Waals surface area contributed by atoms with Crippen LogP contribution in [0.3, 0.4) is 0 Å². The molecule has 0 N–H and O–H groups in total. The second-order valence-electron chi connectivity index (χ2n) is 10.3. The lowest BCUT2D eigenvalue weighted by Gasteiger charge is -2.34. The minimum absolute atomic E-state index is 0.0304. The van der Waals surface area contributed by atoms with Gasteiger partial charge in [0.2, 0.25) is 0 Å². The summed E-state index contributed by atoms with van der Waals surface area (Å²) in [5.74, 6) is 0.0304. The van der Waals surface area contributed by atoms with E-state index >= 15 is 0 Å². The number of nitrogens with zero attached hydrogens (tertiary/aromatic N) is 4. The molecule has 0 unspecified atom stereocenters. The molecule has 2 aromatic rings. The van der Waals surface area contributed by atoms with Gasteiger partial charge in [-0.05, 0) is 18.1 Å². The molecular formula is C26H40N4OSi2. The Hall–Kier alpha value is -2.52. The Morgan fingerprint density at radius 3 is 1.48 bits per heavy atom. The molecule has 2 rings (SSSR count). The van der Waals surface area contributed by atoms with Crippen LogP contribution in [0, 0.1) is 0 Å². The van der Waals surface area contributed by atoms with Gasteiger partial charge in [-0.1, -0.05) is 107 Å². The smallest absolute Gasteiger partial charge is 0.184 e. The molecular weight excluding hydrogens is 440 g/mol. The number of hydrazone groups is 2. The van der Waals surface area contributed by atoms with Crippen LogP contribution in [-0.2, 0) is 17.9 Å². The Morgan fingerprint density at radius 1 is 0.727 bits per heavy atom. The molecule has 0 saturated carbocycles. The Bertz CT molecular complexity index is 961. The van der Waals surface area contributed by atoms with Gasteiger partial charge in [-0.15, -0.1) is 0 Å². The first-order chi connectivity index (χ1) is 15.4. The Balaban J connectivity index is 2.47. The van der Waals surface area contributed by atoms with Gasteiger partial charge in [0.1, 0.15) is 5.71 Å². The fraction of sp³-hybridized carbons (Fsp3) is 0.423. The summed E-state index contributed by atoms with van der Waals surface area (Å²) < 4.78 is 4.33. The maximum atomic E-state index is 13.0. The summed E-state index contributed by atoms with van der Waals surface area (Å²) in [6.07, 6.45) is 0.405. The third-order valence-electron chi connectivity index (χ3n) is 5.32. The molecule has 178 valence electrons. The van der Waals surface area contributed by atoms with E-state index in [9.17, 15) is 4.79 Å². The molecule has 7 heteroatoms. The van der Waals surface area contributed by atoms with Crippen molar-refractivity contribution >= 4 is 33.7 Å². The second kappa shape index (κ2) is 11.6. The van der Waals surface area contributed by atoms with Crippen LogP contribution in [0.15, 0.2) is 70.9 Å². The molecule has 0 aromatic heterocycles. The zero-order chi connectivity index (χ0) is 24.6. The van der Waals surface area contributed by atoms with Gasteiger partial charge < -0.3 is 9.35 Å². The number of hydrogen-bond donors (Lipinski definition) is 0. The molecule has 0 atom stereocenters. The quantitative estimate of drug-likeness (QED) is 0.213. The van der Waals surface area contributed by atoms with Crippen LogP contribution in [0.2, 0.25) is 39.3 Å². The van der Waals surface area contributed by atoms with Crippen molar-refractivity contribution in [3.05, 3.63) is 71.8 Å². The minimum atomic E-state index is -1.84. The Morgan fingerprint density at radius 2 is 1.12 bits per heavy atom.